The molecule has 0 radical (unpaired) electrons. The first-order chi connectivity index (χ1) is 13.4. The first-order valence-corrected chi connectivity index (χ1v) is 9.00. The van der Waals surface area contributed by atoms with Gasteiger partial charge in [0.2, 0.25) is 0 Å². The minimum atomic E-state index is -4.93. The molecule has 156 valence electrons. The number of methoxy groups -OCH3 is 1. The van der Waals surface area contributed by atoms with Gasteiger partial charge in [0.15, 0.2) is 5.60 Å². The maximum Gasteiger partial charge on any atom is 0.419 e. The molecule has 0 aliphatic heterocycles. The van der Waals surface area contributed by atoms with Crippen molar-refractivity contribution >= 4 is 10.9 Å². The SMILES string of the molecule is COc1ccc(F)cc1C(C)(C)CC(O)(Cn1cc2ccccc2n1)C(F)(F)F. The van der Waals surface area contributed by atoms with Gasteiger partial charge in [-0.05, 0) is 36.1 Å². The second kappa shape index (κ2) is 7.33. The molecule has 4 nitrogen and oxygen atoms in total. The van der Waals surface area contributed by atoms with Crippen molar-refractivity contribution in [2.24, 2.45) is 0 Å². The average molecular weight is 410 g/mol. The third-order valence-corrected chi connectivity index (χ3v) is 5.04. The Bertz CT molecular complexity index is 980. The Morgan fingerprint density at radius 2 is 1.79 bits per heavy atom. The van der Waals surface area contributed by atoms with E-state index in [2.05, 4.69) is 5.10 Å². The van der Waals surface area contributed by atoms with Crippen molar-refractivity contribution in [1.29, 1.82) is 0 Å². The number of halogens is 4. The number of fused-ring (bicyclic) bond motifs is 1. The predicted octanol–water partition coefficient (Wildman–Crippen LogP) is 4.85. The van der Waals surface area contributed by atoms with E-state index in [1.54, 1.807) is 24.3 Å². The van der Waals surface area contributed by atoms with Gasteiger partial charge in [-0.1, -0.05) is 32.0 Å². The van der Waals surface area contributed by atoms with Gasteiger partial charge in [-0.25, -0.2) is 4.39 Å². The number of ether oxygens (including phenoxy) is 1. The zero-order chi connectivity index (χ0) is 21.4. The summed E-state index contributed by atoms with van der Waals surface area (Å²) >= 11 is 0. The minimum Gasteiger partial charge on any atom is -0.496 e. The molecule has 0 aliphatic carbocycles. The summed E-state index contributed by atoms with van der Waals surface area (Å²) in [6.07, 6.45) is -4.18. The van der Waals surface area contributed by atoms with Crippen LogP contribution in [0.3, 0.4) is 0 Å². The Balaban J connectivity index is 1.99. The highest BCUT2D eigenvalue weighted by molar-refractivity contribution is 5.77. The van der Waals surface area contributed by atoms with Crippen LogP contribution in [-0.2, 0) is 12.0 Å². The van der Waals surface area contributed by atoms with Crippen molar-refractivity contribution in [1.82, 2.24) is 9.78 Å². The summed E-state index contributed by atoms with van der Waals surface area (Å²) in [5, 5.41) is 15.5. The fourth-order valence-electron chi connectivity index (χ4n) is 3.65. The summed E-state index contributed by atoms with van der Waals surface area (Å²) in [4.78, 5) is 0. The summed E-state index contributed by atoms with van der Waals surface area (Å²) in [6, 6.07) is 10.6. The van der Waals surface area contributed by atoms with Crippen molar-refractivity contribution in [3.8, 4) is 5.75 Å². The van der Waals surface area contributed by atoms with E-state index in [9.17, 15) is 22.7 Å². The maximum atomic E-state index is 14.0. The van der Waals surface area contributed by atoms with Gasteiger partial charge < -0.3 is 9.84 Å². The van der Waals surface area contributed by atoms with Crippen LogP contribution in [0.5, 0.6) is 5.75 Å². The van der Waals surface area contributed by atoms with E-state index >= 15 is 0 Å². The number of aromatic nitrogens is 2. The lowest BCUT2D eigenvalue weighted by Gasteiger charge is -2.38. The Morgan fingerprint density at radius 3 is 2.41 bits per heavy atom. The van der Waals surface area contributed by atoms with E-state index in [4.69, 9.17) is 4.74 Å². The number of hydrogen-bond acceptors (Lipinski definition) is 3. The van der Waals surface area contributed by atoms with Crippen LogP contribution < -0.4 is 4.74 Å². The van der Waals surface area contributed by atoms with Gasteiger partial charge in [-0.15, -0.1) is 0 Å². The van der Waals surface area contributed by atoms with Crippen LogP contribution in [0, 0.1) is 5.82 Å². The molecule has 1 aromatic heterocycles. The highest BCUT2D eigenvalue weighted by Gasteiger charge is 2.56. The van der Waals surface area contributed by atoms with Crippen molar-refractivity contribution in [3.63, 3.8) is 0 Å². The quantitative estimate of drug-likeness (QED) is 0.592. The van der Waals surface area contributed by atoms with Crippen molar-refractivity contribution in [3.05, 3.63) is 60.0 Å². The molecule has 1 unspecified atom stereocenters. The Kier molecular flexibility index (Phi) is 5.34. The summed E-state index contributed by atoms with van der Waals surface area (Å²) in [5.41, 5.74) is -3.56. The topological polar surface area (TPSA) is 47.3 Å². The molecule has 3 aromatic rings. The predicted molar refractivity (Wildman–Crippen MR) is 101 cm³/mol. The largest absolute Gasteiger partial charge is 0.496 e. The first kappa shape index (κ1) is 21.1. The molecule has 8 heteroatoms. The molecule has 0 aliphatic rings. The number of alkyl halides is 3. The molecule has 3 rings (SSSR count). The molecule has 0 bridgehead atoms. The van der Waals surface area contributed by atoms with Crippen LogP contribution in [0.25, 0.3) is 10.9 Å². The van der Waals surface area contributed by atoms with Gasteiger partial charge >= 0.3 is 6.18 Å². The van der Waals surface area contributed by atoms with E-state index < -0.39 is 36.0 Å². The van der Waals surface area contributed by atoms with Gasteiger partial charge in [-0.2, -0.15) is 18.3 Å². The summed E-state index contributed by atoms with van der Waals surface area (Å²) in [5.74, 6) is -0.339. The van der Waals surface area contributed by atoms with Crippen LogP contribution in [0.2, 0.25) is 0 Å². The molecular weight excluding hydrogens is 388 g/mol. The lowest BCUT2D eigenvalue weighted by atomic mass is 9.74. The summed E-state index contributed by atoms with van der Waals surface area (Å²) < 4.78 is 62.0. The maximum absolute atomic E-state index is 14.0. The van der Waals surface area contributed by atoms with E-state index in [1.165, 1.54) is 39.3 Å². The van der Waals surface area contributed by atoms with E-state index in [0.29, 0.717) is 10.9 Å². The van der Waals surface area contributed by atoms with Gasteiger partial charge in [-0.3, -0.25) is 4.68 Å². The van der Waals surface area contributed by atoms with Gasteiger partial charge in [0.1, 0.15) is 11.6 Å². The van der Waals surface area contributed by atoms with Crippen LogP contribution >= 0.6 is 0 Å². The third-order valence-electron chi connectivity index (χ3n) is 5.04. The van der Waals surface area contributed by atoms with Crippen LogP contribution in [-0.4, -0.2) is 33.8 Å². The van der Waals surface area contributed by atoms with E-state index in [-0.39, 0.29) is 11.3 Å². The highest BCUT2D eigenvalue weighted by Crippen LogP contribution is 2.44. The third kappa shape index (κ3) is 4.22. The molecular formula is C21H22F4N2O2. The molecule has 2 aromatic carbocycles. The molecule has 0 amide bonds. The number of hydrogen-bond donors (Lipinski definition) is 1. The van der Waals surface area contributed by atoms with Crippen molar-refractivity contribution < 1.29 is 27.4 Å². The van der Waals surface area contributed by atoms with Gasteiger partial charge in [0.25, 0.3) is 0 Å². The summed E-state index contributed by atoms with van der Waals surface area (Å²) in [7, 11) is 1.36. The Morgan fingerprint density at radius 1 is 1.10 bits per heavy atom. The summed E-state index contributed by atoms with van der Waals surface area (Å²) in [6.45, 7) is 2.24. The second-order valence-electron chi connectivity index (χ2n) is 7.82. The first-order valence-electron chi connectivity index (χ1n) is 9.00. The van der Waals surface area contributed by atoms with Crippen LogP contribution in [0.1, 0.15) is 25.8 Å². The molecule has 1 N–H and O–H groups in total. The minimum absolute atomic E-state index is 0.244. The Labute approximate surface area is 165 Å². The van der Waals surface area contributed by atoms with Crippen molar-refractivity contribution in [2.75, 3.05) is 7.11 Å². The second-order valence-corrected chi connectivity index (χ2v) is 7.82. The highest BCUT2D eigenvalue weighted by atomic mass is 19.4. The number of nitrogens with zero attached hydrogens (tertiary/aromatic N) is 2. The zero-order valence-electron chi connectivity index (χ0n) is 16.3. The molecule has 1 heterocycles. The van der Waals surface area contributed by atoms with E-state index in [0.717, 1.165) is 10.7 Å². The van der Waals surface area contributed by atoms with Crippen LogP contribution in [0.15, 0.2) is 48.7 Å². The van der Waals surface area contributed by atoms with Gasteiger partial charge in [0, 0.05) is 17.1 Å². The molecule has 1 atom stereocenters. The fraction of sp³-hybridized carbons (Fsp3) is 0.381. The smallest absolute Gasteiger partial charge is 0.419 e. The van der Waals surface area contributed by atoms with Gasteiger partial charge in [0.05, 0.1) is 19.2 Å². The lowest BCUT2D eigenvalue weighted by molar-refractivity contribution is -0.272. The molecule has 0 spiro atoms. The van der Waals surface area contributed by atoms with Crippen molar-refractivity contribution in [2.45, 2.75) is 44.0 Å². The number of rotatable bonds is 6. The lowest BCUT2D eigenvalue weighted by Crippen LogP contribution is -2.52. The molecule has 0 saturated heterocycles. The Hall–Kier alpha value is -2.61. The normalized spacial score (nSPS) is 14.8. The molecule has 0 fully saturated rings. The molecule has 0 saturated carbocycles. The molecule has 29 heavy (non-hydrogen) atoms. The monoisotopic (exact) mass is 410 g/mol. The standard InChI is InChI=1S/C21H22F4N2O2/c1-19(2,16-10-15(22)8-9-18(16)29-3)12-20(28,21(23,24)25)13-27-11-14-6-4-5-7-17(14)26-27/h4-11,28H,12-13H2,1-3H3. The average Bonchev–Trinajstić information content (AvgIpc) is 3.02. The van der Waals surface area contributed by atoms with Crippen LogP contribution in [0.4, 0.5) is 17.6 Å². The number of aliphatic hydroxyl groups is 1. The fourth-order valence-corrected chi connectivity index (χ4v) is 3.65. The number of benzene rings is 2. The van der Waals surface area contributed by atoms with E-state index in [1.807, 2.05) is 0 Å². The zero-order valence-corrected chi connectivity index (χ0v) is 16.3.